The minimum absolute atomic E-state index is 0.120. The van der Waals surface area contributed by atoms with Crippen molar-refractivity contribution in [3.8, 4) is 0 Å². The van der Waals surface area contributed by atoms with Gasteiger partial charge in [-0.05, 0) is 24.0 Å². The first-order valence-corrected chi connectivity index (χ1v) is 6.23. The normalized spacial score (nSPS) is 16.3. The molecule has 1 fully saturated rings. The van der Waals surface area contributed by atoms with Crippen molar-refractivity contribution in [3.63, 3.8) is 0 Å². The molecule has 106 valence electrons. The summed E-state index contributed by atoms with van der Waals surface area (Å²) >= 11 is 0. The topological polar surface area (TPSA) is 37.3 Å². The van der Waals surface area contributed by atoms with Crippen molar-refractivity contribution in [1.29, 1.82) is 0 Å². The van der Waals surface area contributed by atoms with Crippen LogP contribution in [-0.2, 0) is 16.6 Å². The van der Waals surface area contributed by atoms with Gasteiger partial charge in [0.2, 0.25) is 0 Å². The van der Waals surface area contributed by atoms with Gasteiger partial charge in [0.1, 0.15) is 0 Å². The molecule has 0 heterocycles. The molecule has 0 aromatic heterocycles. The standard InChI is InChI=1S/C12H11F3O2.C2H6/c13-12(14,15)11(5-6-11)9-3-1-8(2-4-9)7-10(16)17;1-2/h1-4H,5-7H2,(H,16,17);1-2H3. The molecule has 0 radical (unpaired) electrons. The van der Waals surface area contributed by atoms with Gasteiger partial charge < -0.3 is 5.11 Å². The lowest BCUT2D eigenvalue weighted by Gasteiger charge is -2.19. The summed E-state index contributed by atoms with van der Waals surface area (Å²) in [6.07, 6.45) is -4.15. The third-order valence-corrected chi connectivity index (χ3v) is 3.15. The number of aliphatic carboxylic acids is 1. The van der Waals surface area contributed by atoms with Crippen LogP contribution >= 0.6 is 0 Å². The van der Waals surface area contributed by atoms with Crippen molar-refractivity contribution in [2.24, 2.45) is 0 Å². The minimum atomic E-state index is -4.22. The molecule has 1 saturated carbocycles. The van der Waals surface area contributed by atoms with Gasteiger partial charge in [0.15, 0.2) is 0 Å². The van der Waals surface area contributed by atoms with E-state index in [4.69, 9.17) is 5.11 Å². The van der Waals surface area contributed by atoms with E-state index in [2.05, 4.69) is 0 Å². The first kappa shape index (κ1) is 15.5. The summed E-state index contributed by atoms with van der Waals surface area (Å²) in [4.78, 5) is 10.4. The molecule has 0 amide bonds. The van der Waals surface area contributed by atoms with Crippen molar-refractivity contribution in [1.82, 2.24) is 0 Å². The number of alkyl halides is 3. The first-order chi connectivity index (χ1) is 8.85. The Bertz CT molecular complexity index is 431. The van der Waals surface area contributed by atoms with Crippen LogP contribution in [0.2, 0.25) is 0 Å². The summed E-state index contributed by atoms with van der Waals surface area (Å²) in [6.45, 7) is 4.00. The fourth-order valence-corrected chi connectivity index (χ4v) is 1.98. The van der Waals surface area contributed by atoms with E-state index in [1.807, 2.05) is 13.8 Å². The van der Waals surface area contributed by atoms with Crippen LogP contribution in [-0.4, -0.2) is 17.3 Å². The average molecular weight is 274 g/mol. The first-order valence-electron chi connectivity index (χ1n) is 6.23. The zero-order valence-electron chi connectivity index (χ0n) is 10.9. The number of halogens is 3. The monoisotopic (exact) mass is 274 g/mol. The Balaban J connectivity index is 0.000000861. The fourth-order valence-electron chi connectivity index (χ4n) is 1.98. The van der Waals surface area contributed by atoms with Gasteiger partial charge in [-0.25, -0.2) is 0 Å². The molecule has 0 saturated heterocycles. The Hall–Kier alpha value is -1.52. The van der Waals surface area contributed by atoms with Gasteiger partial charge in [-0.15, -0.1) is 0 Å². The minimum Gasteiger partial charge on any atom is -0.481 e. The predicted molar refractivity (Wildman–Crippen MR) is 66.1 cm³/mol. The van der Waals surface area contributed by atoms with E-state index in [-0.39, 0.29) is 24.8 Å². The van der Waals surface area contributed by atoms with Crippen LogP contribution in [0.15, 0.2) is 24.3 Å². The van der Waals surface area contributed by atoms with Crippen molar-refractivity contribution < 1.29 is 23.1 Å². The third-order valence-electron chi connectivity index (χ3n) is 3.15. The Morgan fingerprint density at radius 2 is 1.68 bits per heavy atom. The molecule has 0 aliphatic heterocycles. The third kappa shape index (κ3) is 3.28. The quantitative estimate of drug-likeness (QED) is 0.906. The van der Waals surface area contributed by atoms with E-state index >= 15 is 0 Å². The summed E-state index contributed by atoms with van der Waals surface area (Å²) < 4.78 is 38.4. The van der Waals surface area contributed by atoms with E-state index < -0.39 is 17.6 Å². The molecule has 1 aromatic rings. The summed E-state index contributed by atoms with van der Waals surface area (Å²) in [5.41, 5.74) is -0.937. The van der Waals surface area contributed by atoms with Crippen LogP contribution in [0.1, 0.15) is 37.8 Å². The lowest BCUT2D eigenvalue weighted by molar-refractivity contribution is -0.160. The van der Waals surface area contributed by atoms with Crippen LogP contribution in [0.25, 0.3) is 0 Å². The van der Waals surface area contributed by atoms with Crippen molar-refractivity contribution >= 4 is 5.97 Å². The number of benzene rings is 1. The maximum atomic E-state index is 12.8. The largest absolute Gasteiger partial charge is 0.481 e. The van der Waals surface area contributed by atoms with Crippen LogP contribution in [0.3, 0.4) is 0 Å². The molecule has 5 heteroatoms. The van der Waals surface area contributed by atoms with Crippen molar-refractivity contribution in [3.05, 3.63) is 35.4 Å². The van der Waals surface area contributed by atoms with E-state index in [1.54, 1.807) is 0 Å². The second-order valence-corrected chi connectivity index (χ2v) is 4.35. The molecular weight excluding hydrogens is 257 g/mol. The average Bonchev–Trinajstić information content (AvgIpc) is 3.12. The Labute approximate surface area is 110 Å². The van der Waals surface area contributed by atoms with Crippen molar-refractivity contribution in [2.45, 2.75) is 44.7 Å². The second-order valence-electron chi connectivity index (χ2n) is 4.35. The second kappa shape index (κ2) is 5.63. The van der Waals surface area contributed by atoms with E-state index in [9.17, 15) is 18.0 Å². The van der Waals surface area contributed by atoms with E-state index in [0.29, 0.717) is 5.56 Å². The molecule has 19 heavy (non-hydrogen) atoms. The summed E-state index contributed by atoms with van der Waals surface area (Å²) in [6, 6.07) is 5.68. The number of hydrogen-bond donors (Lipinski definition) is 1. The number of carboxylic acids is 1. The van der Waals surface area contributed by atoms with Gasteiger partial charge in [0, 0.05) is 0 Å². The highest BCUT2D eigenvalue weighted by Gasteiger charge is 2.64. The van der Waals surface area contributed by atoms with Crippen LogP contribution in [0, 0.1) is 0 Å². The lowest BCUT2D eigenvalue weighted by atomic mass is 9.94. The maximum Gasteiger partial charge on any atom is 0.398 e. The molecule has 1 aromatic carbocycles. The van der Waals surface area contributed by atoms with E-state index in [1.165, 1.54) is 24.3 Å². The highest BCUT2D eigenvalue weighted by molar-refractivity contribution is 5.70. The SMILES string of the molecule is CC.O=C(O)Cc1ccc(C2(C(F)(F)F)CC2)cc1. The molecule has 2 nitrogen and oxygen atoms in total. The summed E-state index contributed by atoms with van der Waals surface area (Å²) in [7, 11) is 0. The van der Waals surface area contributed by atoms with Gasteiger partial charge in [-0.2, -0.15) is 13.2 Å². The Morgan fingerprint density at radius 3 is 2.00 bits per heavy atom. The zero-order chi connectivity index (χ0) is 14.7. The lowest BCUT2D eigenvalue weighted by Crippen LogP contribution is -2.28. The summed E-state index contributed by atoms with van der Waals surface area (Å²) in [5.74, 6) is -0.991. The van der Waals surface area contributed by atoms with Crippen LogP contribution < -0.4 is 0 Å². The van der Waals surface area contributed by atoms with Gasteiger partial charge >= 0.3 is 12.1 Å². The number of carbonyl (C=O) groups is 1. The molecule has 2 rings (SSSR count). The molecule has 0 spiro atoms. The number of carboxylic acid groups (broad SMARTS) is 1. The molecule has 1 aliphatic carbocycles. The van der Waals surface area contributed by atoms with Crippen LogP contribution in [0.4, 0.5) is 13.2 Å². The Kier molecular flexibility index (Phi) is 4.61. The van der Waals surface area contributed by atoms with Gasteiger partial charge in [0.25, 0.3) is 0 Å². The van der Waals surface area contributed by atoms with Gasteiger partial charge in [-0.1, -0.05) is 38.1 Å². The molecule has 1 aliphatic rings. The molecule has 0 atom stereocenters. The van der Waals surface area contributed by atoms with Gasteiger partial charge in [0.05, 0.1) is 11.8 Å². The number of hydrogen-bond acceptors (Lipinski definition) is 1. The Morgan fingerprint density at radius 1 is 1.21 bits per heavy atom. The van der Waals surface area contributed by atoms with Gasteiger partial charge in [-0.3, -0.25) is 4.79 Å². The molecular formula is C14H17F3O2. The number of rotatable bonds is 3. The maximum absolute atomic E-state index is 12.8. The predicted octanol–water partition coefficient (Wildman–Crippen LogP) is 3.93. The van der Waals surface area contributed by atoms with Crippen molar-refractivity contribution in [2.75, 3.05) is 0 Å². The molecule has 0 bridgehead atoms. The smallest absolute Gasteiger partial charge is 0.398 e. The highest BCUT2D eigenvalue weighted by Crippen LogP contribution is 2.58. The zero-order valence-corrected chi connectivity index (χ0v) is 10.9. The van der Waals surface area contributed by atoms with Crippen LogP contribution in [0.5, 0.6) is 0 Å². The molecule has 0 unspecified atom stereocenters. The molecule has 1 N–H and O–H groups in total. The van der Waals surface area contributed by atoms with E-state index in [0.717, 1.165) is 0 Å². The summed E-state index contributed by atoms with van der Waals surface area (Å²) in [5, 5.41) is 8.56. The fraction of sp³-hybridized carbons (Fsp3) is 0.500. The highest BCUT2D eigenvalue weighted by atomic mass is 19.4.